The number of nitrogens with one attached hydrogen (secondary N) is 3. The van der Waals surface area contributed by atoms with Crippen molar-refractivity contribution in [2.24, 2.45) is 17.8 Å². The molecule has 5 aliphatic rings. The molecule has 2 saturated carbocycles. The van der Waals surface area contributed by atoms with E-state index >= 15 is 0 Å². The third-order valence-electron chi connectivity index (χ3n) is 11.5. The van der Waals surface area contributed by atoms with Gasteiger partial charge in [-0.25, -0.2) is 17.6 Å². The van der Waals surface area contributed by atoms with Crippen LogP contribution < -0.4 is 15.4 Å². The normalized spacial score (nSPS) is 28.8. The molecule has 0 radical (unpaired) electrons. The number of allylic oxidation sites excluding steroid dienone is 1. The second kappa shape index (κ2) is 15.3. The Labute approximate surface area is 326 Å². The number of fused-ring (bicyclic) bond motifs is 4. The van der Waals surface area contributed by atoms with Gasteiger partial charge in [-0.1, -0.05) is 49.3 Å². The lowest BCUT2D eigenvalue weighted by Gasteiger charge is -2.33. The molecule has 300 valence electrons. The molecule has 2 aromatic carbocycles. The van der Waals surface area contributed by atoms with Crippen LogP contribution in [-0.4, -0.2) is 96.0 Å². The molecule has 7 rings (SSSR count). The van der Waals surface area contributed by atoms with Crippen LogP contribution in [0.3, 0.4) is 0 Å². The van der Waals surface area contributed by atoms with E-state index in [1.165, 1.54) is 17.0 Å². The first-order chi connectivity index (χ1) is 26.5. The summed E-state index contributed by atoms with van der Waals surface area (Å²) in [4.78, 5) is 73.2. The van der Waals surface area contributed by atoms with E-state index in [9.17, 15) is 36.8 Å². The lowest BCUT2D eigenvalue weighted by Crippen LogP contribution is -2.60. The Balaban J connectivity index is 1.18. The summed E-state index contributed by atoms with van der Waals surface area (Å²) < 4.78 is 47.5. The van der Waals surface area contributed by atoms with Crippen molar-refractivity contribution in [1.29, 1.82) is 0 Å². The highest BCUT2D eigenvalue weighted by Crippen LogP contribution is 2.47. The molecule has 2 saturated heterocycles. The number of likely N-dealkylation sites (tertiary alicyclic amines) is 1. The van der Waals surface area contributed by atoms with E-state index in [4.69, 9.17) is 4.74 Å². The SMILES string of the molecule is CC(C)(C)OC(=O)N[C@@H]1CCCCC/C=C\[C@H]2C[C@@]2(C(=O)NS(=O)(=O)C2CC2)NC(=O)[C@@H]2[C@H]3CN(C(=O)c4cccc(-c5cccc(F)c5)c4)C[C@H]3CN2C1=O. The van der Waals surface area contributed by atoms with Gasteiger partial charge in [0.15, 0.2) is 0 Å². The number of ether oxygens (including phenoxy) is 1. The number of hydrogen-bond acceptors (Lipinski definition) is 8. The molecule has 15 heteroatoms. The maximum atomic E-state index is 14.7. The molecule has 3 aliphatic heterocycles. The second-order valence-corrected chi connectivity index (χ2v) is 18.8. The monoisotopic (exact) mass is 791 g/mol. The van der Waals surface area contributed by atoms with Gasteiger partial charge in [-0.3, -0.25) is 23.9 Å². The van der Waals surface area contributed by atoms with Gasteiger partial charge in [-0.05, 0) is 94.7 Å². The molecule has 2 aliphatic carbocycles. The lowest BCUT2D eigenvalue weighted by molar-refractivity contribution is -0.142. The predicted octanol–water partition coefficient (Wildman–Crippen LogP) is 4.29. The Kier molecular flexibility index (Phi) is 10.8. The molecule has 0 unspecified atom stereocenters. The number of sulfonamides is 1. The molecule has 13 nitrogen and oxygen atoms in total. The van der Waals surface area contributed by atoms with Crippen molar-refractivity contribution in [3.05, 3.63) is 72.1 Å². The summed E-state index contributed by atoms with van der Waals surface area (Å²) in [6.07, 6.45) is 7.25. The zero-order chi connectivity index (χ0) is 40.0. The first-order valence-corrected chi connectivity index (χ1v) is 21.1. The largest absolute Gasteiger partial charge is 0.444 e. The van der Waals surface area contributed by atoms with E-state index < -0.39 is 80.0 Å². The van der Waals surface area contributed by atoms with Gasteiger partial charge >= 0.3 is 6.09 Å². The average Bonchev–Trinajstić information content (AvgIpc) is 4.03. The minimum Gasteiger partial charge on any atom is -0.444 e. The number of nitrogens with zero attached hydrogens (tertiary/aromatic N) is 2. The van der Waals surface area contributed by atoms with Gasteiger partial charge in [0, 0.05) is 43.0 Å². The van der Waals surface area contributed by atoms with Gasteiger partial charge in [0.05, 0.1) is 5.25 Å². The van der Waals surface area contributed by atoms with Crippen LogP contribution in [0, 0.1) is 23.6 Å². The molecule has 0 bridgehead atoms. The number of benzene rings is 2. The van der Waals surface area contributed by atoms with Crippen LogP contribution in [0.4, 0.5) is 9.18 Å². The van der Waals surface area contributed by atoms with E-state index in [-0.39, 0.29) is 37.9 Å². The third-order valence-corrected chi connectivity index (χ3v) is 13.3. The van der Waals surface area contributed by atoms with Crippen molar-refractivity contribution in [2.75, 3.05) is 19.6 Å². The quantitative estimate of drug-likeness (QED) is 0.364. The van der Waals surface area contributed by atoms with Crippen molar-refractivity contribution >= 4 is 39.7 Å². The van der Waals surface area contributed by atoms with Gasteiger partial charge in [0.2, 0.25) is 21.8 Å². The fraction of sp³-hybridized carbons (Fsp3) is 0.537. The Morgan fingerprint density at radius 3 is 2.39 bits per heavy atom. The summed E-state index contributed by atoms with van der Waals surface area (Å²) >= 11 is 0. The van der Waals surface area contributed by atoms with Crippen LogP contribution in [0.15, 0.2) is 60.7 Å². The molecule has 3 heterocycles. The van der Waals surface area contributed by atoms with Crippen LogP contribution in [-0.2, 0) is 29.1 Å². The number of carbonyl (C=O) groups excluding carboxylic acids is 5. The predicted molar refractivity (Wildman–Crippen MR) is 205 cm³/mol. The summed E-state index contributed by atoms with van der Waals surface area (Å²) in [6.45, 7) is 5.63. The number of carbonyl (C=O) groups is 5. The molecule has 2 aromatic rings. The average molecular weight is 792 g/mol. The Morgan fingerprint density at radius 1 is 0.946 bits per heavy atom. The number of amides is 5. The summed E-state index contributed by atoms with van der Waals surface area (Å²) in [7, 11) is -3.92. The first kappa shape index (κ1) is 39.4. The molecule has 6 atom stereocenters. The fourth-order valence-electron chi connectivity index (χ4n) is 8.37. The van der Waals surface area contributed by atoms with Gasteiger partial charge in [-0.15, -0.1) is 0 Å². The Bertz CT molecular complexity index is 2050. The zero-order valence-electron chi connectivity index (χ0n) is 32.0. The number of alkyl carbamates (subject to hydrolysis) is 1. The van der Waals surface area contributed by atoms with Gasteiger partial charge < -0.3 is 25.2 Å². The zero-order valence-corrected chi connectivity index (χ0v) is 32.8. The molecule has 5 amide bonds. The van der Waals surface area contributed by atoms with Crippen molar-refractivity contribution in [3.63, 3.8) is 0 Å². The summed E-state index contributed by atoms with van der Waals surface area (Å²) in [5.74, 6) is -3.91. The van der Waals surface area contributed by atoms with E-state index in [1.54, 1.807) is 62.1 Å². The molecular weight excluding hydrogens is 742 g/mol. The highest BCUT2D eigenvalue weighted by molar-refractivity contribution is 7.91. The molecule has 3 N–H and O–H groups in total. The van der Waals surface area contributed by atoms with Gasteiger partial charge in [0.25, 0.3) is 11.8 Å². The maximum absolute atomic E-state index is 14.7. The minimum absolute atomic E-state index is 0.111. The van der Waals surface area contributed by atoms with Crippen LogP contribution in [0.1, 0.15) is 82.5 Å². The van der Waals surface area contributed by atoms with E-state index in [1.807, 2.05) is 12.2 Å². The standard InChI is InChI=1S/C41H50FN5O8S/c1-40(2,3)55-39(52)43-33-16-8-6-4-5-7-14-29-21-41(29,38(51)45-56(53,54)31-17-18-31)44-35(48)34-32-24-46(22-28(32)23-47(34)37(33)50)36(49)27-13-9-11-25(19-27)26-12-10-15-30(42)20-26/h7,9-15,19-20,28-29,31-34H,4-6,8,16-18,21-24H2,1-3H3,(H,43,52)(H,44,48)(H,45,51)/b14-7-/t28-,29-,32-,33+,34-,41+/m0/s1. The lowest BCUT2D eigenvalue weighted by atomic mass is 9.93. The van der Waals surface area contributed by atoms with Crippen molar-refractivity contribution in [1.82, 2.24) is 25.2 Å². The first-order valence-electron chi connectivity index (χ1n) is 19.5. The molecule has 0 spiro atoms. The van der Waals surface area contributed by atoms with Crippen molar-refractivity contribution < 1.29 is 41.5 Å². The van der Waals surface area contributed by atoms with Crippen LogP contribution in [0.5, 0.6) is 0 Å². The summed E-state index contributed by atoms with van der Waals surface area (Å²) in [6, 6.07) is 10.8. The van der Waals surface area contributed by atoms with Crippen molar-refractivity contribution in [3.8, 4) is 11.1 Å². The highest BCUT2D eigenvalue weighted by Gasteiger charge is 2.63. The molecule has 56 heavy (non-hydrogen) atoms. The third kappa shape index (κ3) is 8.47. The number of rotatable bonds is 6. The van der Waals surface area contributed by atoms with Crippen LogP contribution in [0.25, 0.3) is 11.1 Å². The Morgan fingerprint density at radius 2 is 1.68 bits per heavy atom. The maximum Gasteiger partial charge on any atom is 0.408 e. The topological polar surface area (TPSA) is 171 Å². The summed E-state index contributed by atoms with van der Waals surface area (Å²) in [5.41, 5.74) is -0.696. The number of hydrogen-bond donors (Lipinski definition) is 3. The summed E-state index contributed by atoms with van der Waals surface area (Å²) in [5, 5.41) is 5.01. The Hall–Kier alpha value is -4.79. The van der Waals surface area contributed by atoms with Crippen molar-refractivity contribution in [2.45, 2.75) is 101 Å². The van der Waals surface area contributed by atoms with Crippen LogP contribution in [0.2, 0.25) is 0 Å². The smallest absolute Gasteiger partial charge is 0.408 e. The van der Waals surface area contributed by atoms with Gasteiger partial charge in [0.1, 0.15) is 29.0 Å². The van der Waals surface area contributed by atoms with E-state index in [0.29, 0.717) is 48.8 Å². The molecular formula is C41H50FN5O8S. The number of halogens is 1. The second-order valence-electron chi connectivity index (χ2n) is 16.9. The fourth-order valence-corrected chi connectivity index (χ4v) is 9.73. The van der Waals surface area contributed by atoms with Gasteiger partial charge in [-0.2, -0.15) is 0 Å². The van der Waals surface area contributed by atoms with Crippen LogP contribution >= 0.6 is 0 Å². The molecule has 0 aromatic heterocycles. The minimum atomic E-state index is -3.92. The van der Waals surface area contributed by atoms with E-state index in [0.717, 1.165) is 12.8 Å². The molecule has 4 fully saturated rings. The highest BCUT2D eigenvalue weighted by atomic mass is 32.2. The van der Waals surface area contributed by atoms with E-state index in [2.05, 4.69) is 15.4 Å².